The van der Waals surface area contributed by atoms with E-state index in [4.69, 9.17) is 0 Å². The van der Waals surface area contributed by atoms with Gasteiger partial charge in [0.2, 0.25) is 0 Å². The Labute approximate surface area is 120 Å². The van der Waals surface area contributed by atoms with Crippen molar-refractivity contribution in [1.29, 1.82) is 0 Å². The molecule has 0 saturated heterocycles. The molecule has 0 amide bonds. The normalized spacial score (nSPS) is 11.2. The van der Waals surface area contributed by atoms with Gasteiger partial charge in [-0.25, -0.2) is 4.79 Å². The van der Waals surface area contributed by atoms with Gasteiger partial charge in [-0.05, 0) is 12.1 Å². The number of aromatic nitrogens is 2. The number of carboxylic acids is 1. The van der Waals surface area contributed by atoms with Crippen molar-refractivity contribution in [2.45, 2.75) is 0 Å². The van der Waals surface area contributed by atoms with Crippen LogP contribution < -0.4 is 0 Å². The molecule has 0 saturated carbocycles. The summed E-state index contributed by atoms with van der Waals surface area (Å²) < 4.78 is 0. The average Bonchev–Trinajstić information content (AvgIpc) is 3.08. The monoisotopic (exact) mass is 276 g/mol. The molecular weight excluding hydrogens is 264 g/mol. The van der Waals surface area contributed by atoms with Crippen molar-refractivity contribution in [3.8, 4) is 11.3 Å². The maximum Gasteiger partial charge on any atom is 0.338 e. The Balaban J connectivity index is 2.10. The number of benzene rings is 2. The van der Waals surface area contributed by atoms with E-state index in [1.165, 1.54) is 0 Å². The summed E-state index contributed by atoms with van der Waals surface area (Å²) in [6, 6.07) is 15.3. The molecule has 0 aliphatic rings. The summed E-state index contributed by atoms with van der Waals surface area (Å²) >= 11 is 0. The maximum atomic E-state index is 11.7. The molecule has 3 N–H and O–H groups in total. The quantitative estimate of drug-likeness (QED) is 0.517. The Morgan fingerprint density at radius 2 is 1.57 bits per heavy atom. The zero-order valence-corrected chi connectivity index (χ0v) is 11.1. The van der Waals surface area contributed by atoms with Gasteiger partial charge < -0.3 is 15.1 Å². The first kappa shape index (κ1) is 11.8. The van der Waals surface area contributed by atoms with Crippen molar-refractivity contribution < 1.29 is 9.90 Å². The van der Waals surface area contributed by atoms with Crippen molar-refractivity contribution in [2.24, 2.45) is 0 Å². The van der Waals surface area contributed by atoms with Gasteiger partial charge >= 0.3 is 5.97 Å². The maximum absolute atomic E-state index is 11.7. The summed E-state index contributed by atoms with van der Waals surface area (Å²) in [5.41, 5.74) is 3.65. The highest BCUT2D eigenvalue weighted by Gasteiger charge is 2.20. The van der Waals surface area contributed by atoms with Gasteiger partial charge in [-0.15, -0.1) is 0 Å². The predicted octanol–water partition coefficient (Wildman–Crippen LogP) is 4.01. The number of rotatable bonds is 2. The fourth-order valence-corrected chi connectivity index (χ4v) is 2.84. The van der Waals surface area contributed by atoms with Gasteiger partial charge in [0, 0.05) is 33.6 Å². The van der Waals surface area contributed by atoms with E-state index in [1.807, 2.05) is 54.7 Å². The van der Waals surface area contributed by atoms with Crippen LogP contribution in [-0.4, -0.2) is 21.0 Å². The van der Waals surface area contributed by atoms with Gasteiger partial charge in [0.15, 0.2) is 0 Å². The topological polar surface area (TPSA) is 68.9 Å². The second-order valence-electron chi connectivity index (χ2n) is 4.97. The summed E-state index contributed by atoms with van der Waals surface area (Å²) in [4.78, 5) is 18.1. The number of hydrogen-bond donors (Lipinski definition) is 3. The highest BCUT2D eigenvalue weighted by molar-refractivity contribution is 6.12. The number of nitrogens with one attached hydrogen (secondary N) is 2. The van der Waals surface area contributed by atoms with Crippen LogP contribution >= 0.6 is 0 Å². The minimum absolute atomic E-state index is 0.315. The number of hydrogen-bond acceptors (Lipinski definition) is 1. The Morgan fingerprint density at radius 3 is 2.33 bits per heavy atom. The minimum atomic E-state index is -0.923. The fourth-order valence-electron chi connectivity index (χ4n) is 2.84. The molecule has 0 bridgehead atoms. The van der Waals surface area contributed by atoms with E-state index < -0.39 is 5.97 Å². The SMILES string of the molecule is O=C(O)c1c(-c2c[nH]c3ccccc23)[nH]c2ccccc12. The summed E-state index contributed by atoms with van der Waals surface area (Å²) in [5, 5.41) is 11.3. The van der Waals surface area contributed by atoms with Crippen LogP contribution in [0.15, 0.2) is 54.7 Å². The lowest BCUT2D eigenvalue weighted by Crippen LogP contribution is -1.97. The molecule has 4 aromatic rings. The largest absolute Gasteiger partial charge is 0.478 e. The zero-order chi connectivity index (χ0) is 14.4. The van der Waals surface area contributed by atoms with Crippen LogP contribution in [0.3, 0.4) is 0 Å². The van der Waals surface area contributed by atoms with E-state index >= 15 is 0 Å². The molecule has 0 radical (unpaired) electrons. The fraction of sp³-hybridized carbons (Fsp3) is 0. The lowest BCUT2D eigenvalue weighted by atomic mass is 10.0. The van der Waals surface area contributed by atoms with E-state index in [1.54, 1.807) is 0 Å². The van der Waals surface area contributed by atoms with Gasteiger partial charge in [0.1, 0.15) is 0 Å². The molecule has 4 nitrogen and oxygen atoms in total. The molecule has 0 aliphatic heterocycles. The Hall–Kier alpha value is -3.01. The molecule has 0 unspecified atom stereocenters. The third-order valence-corrected chi connectivity index (χ3v) is 3.78. The van der Waals surface area contributed by atoms with E-state index in [0.29, 0.717) is 11.3 Å². The molecule has 0 fully saturated rings. The van der Waals surface area contributed by atoms with E-state index in [2.05, 4.69) is 9.97 Å². The second kappa shape index (κ2) is 4.24. The lowest BCUT2D eigenvalue weighted by molar-refractivity contribution is 0.0700. The number of aromatic carboxylic acids is 1. The second-order valence-corrected chi connectivity index (χ2v) is 4.97. The van der Waals surface area contributed by atoms with Crippen LogP contribution in [0.2, 0.25) is 0 Å². The zero-order valence-electron chi connectivity index (χ0n) is 11.1. The summed E-state index contributed by atoms with van der Waals surface area (Å²) in [6.45, 7) is 0. The van der Waals surface area contributed by atoms with Crippen molar-refractivity contribution in [1.82, 2.24) is 9.97 Å². The highest BCUT2D eigenvalue weighted by atomic mass is 16.4. The molecule has 21 heavy (non-hydrogen) atoms. The molecule has 0 aliphatic carbocycles. The van der Waals surface area contributed by atoms with Crippen molar-refractivity contribution >= 4 is 27.8 Å². The standard InChI is InChI=1S/C17H12N2O2/c20-17(21)15-11-6-2-4-8-14(11)19-16(15)12-9-18-13-7-3-1-5-10(12)13/h1-9,18-19H,(H,20,21). The molecule has 2 aromatic heterocycles. The van der Waals surface area contributed by atoms with Crippen LogP contribution in [0.5, 0.6) is 0 Å². The Morgan fingerprint density at radius 1 is 0.905 bits per heavy atom. The van der Waals surface area contributed by atoms with Crippen LogP contribution in [0, 0.1) is 0 Å². The molecule has 2 aromatic carbocycles. The first-order valence-electron chi connectivity index (χ1n) is 6.66. The minimum Gasteiger partial charge on any atom is -0.478 e. The van der Waals surface area contributed by atoms with Crippen LogP contribution in [0.4, 0.5) is 0 Å². The molecule has 2 heterocycles. The number of fused-ring (bicyclic) bond motifs is 2. The smallest absolute Gasteiger partial charge is 0.338 e. The Bertz CT molecular complexity index is 979. The number of aromatic amines is 2. The first-order valence-corrected chi connectivity index (χ1v) is 6.66. The van der Waals surface area contributed by atoms with E-state index in [9.17, 15) is 9.90 Å². The molecule has 102 valence electrons. The van der Waals surface area contributed by atoms with E-state index in [-0.39, 0.29) is 0 Å². The third-order valence-electron chi connectivity index (χ3n) is 3.78. The van der Waals surface area contributed by atoms with Crippen LogP contribution in [0.1, 0.15) is 10.4 Å². The van der Waals surface area contributed by atoms with E-state index in [0.717, 1.165) is 27.4 Å². The first-order chi connectivity index (χ1) is 10.3. The van der Waals surface area contributed by atoms with Crippen molar-refractivity contribution in [3.05, 3.63) is 60.3 Å². The number of carbonyl (C=O) groups is 1. The third kappa shape index (κ3) is 1.66. The highest BCUT2D eigenvalue weighted by Crippen LogP contribution is 2.34. The number of carboxylic acid groups (broad SMARTS) is 1. The molecular formula is C17H12N2O2. The summed E-state index contributed by atoms with van der Waals surface area (Å²) in [6.07, 6.45) is 1.85. The molecule has 0 atom stereocenters. The molecule has 4 heteroatoms. The predicted molar refractivity (Wildman–Crippen MR) is 82.6 cm³/mol. The average molecular weight is 276 g/mol. The van der Waals surface area contributed by atoms with Crippen molar-refractivity contribution in [3.63, 3.8) is 0 Å². The number of H-pyrrole nitrogens is 2. The molecule has 0 spiro atoms. The number of para-hydroxylation sites is 2. The van der Waals surface area contributed by atoms with Gasteiger partial charge in [-0.1, -0.05) is 36.4 Å². The van der Waals surface area contributed by atoms with Crippen molar-refractivity contribution in [2.75, 3.05) is 0 Å². The van der Waals surface area contributed by atoms with Gasteiger partial charge in [0.05, 0.1) is 11.3 Å². The summed E-state index contributed by atoms with van der Waals surface area (Å²) in [7, 11) is 0. The molecule has 4 rings (SSSR count). The van der Waals surface area contributed by atoms with Gasteiger partial charge in [-0.3, -0.25) is 0 Å². The van der Waals surface area contributed by atoms with Gasteiger partial charge in [0.25, 0.3) is 0 Å². The van der Waals surface area contributed by atoms with Crippen LogP contribution in [-0.2, 0) is 0 Å². The lowest BCUT2D eigenvalue weighted by Gasteiger charge is -1.99. The van der Waals surface area contributed by atoms with Gasteiger partial charge in [-0.2, -0.15) is 0 Å². The Kier molecular flexibility index (Phi) is 2.38. The summed E-state index contributed by atoms with van der Waals surface area (Å²) in [5.74, 6) is -0.923. The van der Waals surface area contributed by atoms with Crippen LogP contribution in [0.25, 0.3) is 33.1 Å².